The number of hydrogen-bond donors (Lipinski definition) is 1. The molecule has 0 bridgehead atoms. The average molecular weight is 404 g/mol. The molecule has 1 amide bonds. The van der Waals surface area contributed by atoms with Crippen LogP contribution in [0.25, 0.3) is 12.2 Å². The van der Waals surface area contributed by atoms with Gasteiger partial charge in [0.1, 0.15) is 17.4 Å². The van der Waals surface area contributed by atoms with E-state index in [0.717, 1.165) is 5.56 Å². The zero-order chi connectivity index (χ0) is 19.9. The van der Waals surface area contributed by atoms with Crippen molar-refractivity contribution in [1.29, 1.82) is 0 Å². The molecule has 0 aliphatic heterocycles. The van der Waals surface area contributed by atoms with Crippen molar-refractivity contribution in [2.75, 3.05) is 5.32 Å². The van der Waals surface area contributed by atoms with Crippen LogP contribution < -0.4 is 10.1 Å². The Morgan fingerprint density at radius 3 is 2.83 bits per heavy atom. The first-order valence-corrected chi connectivity index (χ1v) is 9.57. The molecule has 3 aromatic heterocycles. The van der Waals surface area contributed by atoms with Gasteiger partial charge < -0.3 is 9.15 Å². The summed E-state index contributed by atoms with van der Waals surface area (Å²) in [6, 6.07) is 16.6. The van der Waals surface area contributed by atoms with E-state index < -0.39 is 0 Å². The molecule has 0 aliphatic carbocycles. The summed E-state index contributed by atoms with van der Waals surface area (Å²) in [6.07, 6.45) is 6.68. The number of nitrogens with one attached hydrogen (secondary N) is 1. The van der Waals surface area contributed by atoms with E-state index >= 15 is 0 Å². The molecule has 0 atom stereocenters. The zero-order valence-electron chi connectivity index (χ0n) is 15.2. The normalized spacial score (nSPS) is 10.9. The predicted molar refractivity (Wildman–Crippen MR) is 111 cm³/mol. The van der Waals surface area contributed by atoms with Gasteiger partial charge in [0.25, 0.3) is 5.91 Å². The van der Waals surface area contributed by atoms with Crippen molar-refractivity contribution in [3.63, 3.8) is 0 Å². The minimum atomic E-state index is -0.310. The largest absolute Gasteiger partial charge is 0.473 e. The number of rotatable bonds is 7. The van der Waals surface area contributed by atoms with Gasteiger partial charge in [0.05, 0.1) is 6.26 Å². The molecule has 3 heterocycles. The number of carbonyl (C=O) groups is 1. The first-order chi connectivity index (χ1) is 14.3. The molecule has 0 saturated carbocycles. The van der Waals surface area contributed by atoms with Crippen LogP contribution in [0.3, 0.4) is 0 Å². The van der Waals surface area contributed by atoms with Crippen LogP contribution in [-0.2, 0) is 6.61 Å². The molecule has 0 aliphatic rings. The number of pyridine rings is 1. The number of anilines is 1. The number of nitrogens with zero attached hydrogens (tertiary/aromatic N) is 3. The summed E-state index contributed by atoms with van der Waals surface area (Å²) in [5.41, 5.74) is 1.44. The summed E-state index contributed by atoms with van der Waals surface area (Å²) in [6.45, 7) is 0.376. The summed E-state index contributed by atoms with van der Waals surface area (Å²) < 4.78 is 10.9. The molecule has 4 rings (SSSR count). The highest BCUT2D eigenvalue weighted by atomic mass is 32.1. The van der Waals surface area contributed by atoms with E-state index in [4.69, 9.17) is 9.15 Å². The van der Waals surface area contributed by atoms with Crippen molar-refractivity contribution in [2.24, 2.45) is 0 Å². The molecule has 144 valence electrons. The first kappa shape index (κ1) is 18.6. The fourth-order valence-corrected chi connectivity index (χ4v) is 3.06. The van der Waals surface area contributed by atoms with Crippen molar-refractivity contribution >= 4 is 34.5 Å². The van der Waals surface area contributed by atoms with E-state index in [1.807, 2.05) is 36.4 Å². The SMILES string of the molecule is O=C(Nc1nnc(/C=C/c2ccco2)s1)c1ccnc(OCc2ccccc2)c1. The highest BCUT2D eigenvalue weighted by Gasteiger charge is 2.11. The zero-order valence-corrected chi connectivity index (χ0v) is 16.0. The molecule has 0 radical (unpaired) electrons. The molecular weight excluding hydrogens is 388 g/mol. The number of benzene rings is 1. The third-order valence-electron chi connectivity index (χ3n) is 3.82. The van der Waals surface area contributed by atoms with Gasteiger partial charge in [-0.05, 0) is 35.9 Å². The third kappa shape index (κ3) is 5.14. The minimum Gasteiger partial charge on any atom is -0.473 e. The van der Waals surface area contributed by atoms with E-state index in [1.54, 1.807) is 36.6 Å². The molecule has 4 aromatic rings. The van der Waals surface area contributed by atoms with Crippen molar-refractivity contribution < 1.29 is 13.9 Å². The Morgan fingerprint density at radius 2 is 2.00 bits per heavy atom. The van der Waals surface area contributed by atoms with Crippen LogP contribution in [0.5, 0.6) is 5.88 Å². The fourth-order valence-electron chi connectivity index (χ4n) is 2.42. The number of ether oxygens (including phenoxy) is 1. The standard InChI is InChI=1S/C21H16N4O3S/c26-20(23-21-25-24-19(29-21)9-8-17-7-4-12-27-17)16-10-11-22-18(13-16)28-14-15-5-2-1-3-6-15/h1-13H,14H2,(H,23,25,26)/b9-8+. The van der Waals surface area contributed by atoms with Gasteiger partial charge in [-0.3, -0.25) is 10.1 Å². The first-order valence-electron chi connectivity index (χ1n) is 8.75. The molecule has 0 saturated heterocycles. The molecule has 29 heavy (non-hydrogen) atoms. The van der Waals surface area contributed by atoms with Gasteiger partial charge in [-0.25, -0.2) is 4.98 Å². The van der Waals surface area contributed by atoms with E-state index in [1.165, 1.54) is 17.5 Å². The van der Waals surface area contributed by atoms with Gasteiger partial charge in [-0.1, -0.05) is 41.7 Å². The minimum absolute atomic E-state index is 0.310. The Morgan fingerprint density at radius 1 is 1.10 bits per heavy atom. The Balaban J connectivity index is 1.37. The molecule has 7 nitrogen and oxygen atoms in total. The van der Waals surface area contributed by atoms with E-state index in [0.29, 0.717) is 33.9 Å². The molecule has 0 unspecified atom stereocenters. The Bertz CT molecular complexity index is 1110. The predicted octanol–water partition coefficient (Wildman–Crippen LogP) is 4.53. The van der Waals surface area contributed by atoms with E-state index in [-0.39, 0.29) is 5.91 Å². The average Bonchev–Trinajstić information content (AvgIpc) is 3.44. The summed E-state index contributed by atoms with van der Waals surface area (Å²) in [5, 5.41) is 11.8. The highest BCUT2D eigenvalue weighted by Crippen LogP contribution is 2.19. The number of furan rings is 1. The van der Waals surface area contributed by atoms with E-state index in [9.17, 15) is 4.79 Å². The van der Waals surface area contributed by atoms with Crippen LogP contribution in [0.4, 0.5) is 5.13 Å². The van der Waals surface area contributed by atoms with Crippen LogP contribution >= 0.6 is 11.3 Å². The molecule has 0 fully saturated rings. The summed E-state index contributed by atoms with van der Waals surface area (Å²) in [4.78, 5) is 16.7. The van der Waals surface area contributed by atoms with Crippen molar-refractivity contribution in [3.8, 4) is 5.88 Å². The summed E-state index contributed by atoms with van der Waals surface area (Å²) >= 11 is 1.26. The van der Waals surface area contributed by atoms with Crippen LogP contribution in [0.15, 0.2) is 71.5 Å². The lowest BCUT2D eigenvalue weighted by Crippen LogP contribution is -2.12. The summed E-state index contributed by atoms with van der Waals surface area (Å²) in [7, 11) is 0. The van der Waals surface area contributed by atoms with E-state index in [2.05, 4.69) is 20.5 Å². The van der Waals surface area contributed by atoms with Gasteiger partial charge in [-0.2, -0.15) is 0 Å². The van der Waals surface area contributed by atoms with Crippen molar-refractivity contribution in [1.82, 2.24) is 15.2 Å². The topological polar surface area (TPSA) is 90.1 Å². The molecule has 1 N–H and O–H groups in total. The maximum absolute atomic E-state index is 12.5. The molecular formula is C21H16N4O3S. The van der Waals surface area contributed by atoms with Gasteiger partial charge in [0, 0.05) is 17.8 Å². The second kappa shape index (κ2) is 8.94. The Kier molecular flexibility index (Phi) is 5.73. The van der Waals surface area contributed by atoms with Gasteiger partial charge >= 0.3 is 0 Å². The molecule has 0 spiro atoms. The Labute approximate surface area is 170 Å². The third-order valence-corrected chi connectivity index (χ3v) is 4.62. The Hall–Kier alpha value is -3.78. The van der Waals surface area contributed by atoms with Crippen LogP contribution in [-0.4, -0.2) is 21.1 Å². The highest BCUT2D eigenvalue weighted by molar-refractivity contribution is 7.16. The molecule has 8 heteroatoms. The monoisotopic (exact) mass is 404 g/mol. The van der Waals surface area contributed by atoms with Crippen LogP contribution in [0.2, 0.25) is 0 Å². The number of amides is 1. The maximum Gasteiger partial charge on any atom is 0.257 e. The quantitative estimate of drug-likeness (QED) is 0.487. The second-order valence-corrected chi connectivity index (χ2v) is 6.91. The maximum atomic E-state index is 12.5. The van der Waals surface area contributed by atoms with Crippen molar-refractivity contribution in [3.05, 3.63) is 89.0 Å². The van der Waals surface area contributed by atoms with Gasteiger partial charge in [0.2, 0.25) is 11.0 Å². The number of aromatic nitrogens is 3. The van der Waals surface area contributed by atoms with Crippen LogP contribution in [0.1, 0.15) is 26.7 Å². The fraction of sp³-hybridized carbons (Fsp3) is 0.0476. The number of carbonyl (C=O) groups excluding carboxylic acids is 1. The van der Waals surface area contributed by atoms with Gasteiger partial charge in [0.15, 0.2) is 0 Å². The lowest BCUT2D eigenvalue weighted by atomic mass is 10.2. The lowest BCUT2D eigenvalue weighted by Gasteiger charge is -2.07. The smallest absolute Gasteiger partial charge is 0.257 e. The van der Waals surface area contributed by atoms with Crippen LogP contribution in [0, 0.1) is 0 Å². The molecule has 1 aromatic carbocycles. The van der Waals surface area contributed by atoms with Gasteiger partial charge in [-0.15, -0.1) is 10.2 Å². The second-order valence-electron chi connectivity index (χ2n) is 5.91. The lowest BCUT2D eigenvalue weighted by molar-refractivity contribution is 0.102. The van der Waals surface area contributed by atoms with Crippen molar-refractivity contribution in [2.45, 2.75) is 6.61 Å². The number of hydrogen-bond acceptors (Lipinski definition) is 7. The summed E-state index contributed by atoms with van der Waals surface area (Å²) in [5.74, 6) is 0.779.